The molecule has 0 bridgehead atoms. The predicted molar refractivity (Wildman–Crippen MR) is 52.4 cm³/mol. The number of hydrogen-bond acceptors (Lipinski definition) is 2. The summed E-state index contributed by atoms with van der Waals surface area (Å²) < 4.78 is 13.0. The van der Waals surface area contributed by atoms with Crippen molar-refractivity contribution in [2.24, 2.45) is 0 Å². The Balaban J connectivity index is 2.92. The normalized spacial score (nSPS) is 12.2. The molecule has 0 spiro atoms. The van der Waals surface area contributed by atoms with Crippen molar-refractivity contribution in [3.63, 3.8) is 0 Å². The summed E-state index contributed by atoms with van der Waals surface area (Å²) in [6, 6.07) is 2.98. The van der Waals surface area contributed by atoms with Crippen LogP contribution in [0.5, 0.6) is 0 Å². The number of amides is 1. The molecule has 1 aromatic carbocycles. The van der Waals surface area contributed by atoms with Crippen molar-refractivity contribution in [2.45, 2.75) is 6.04 Å². The van der Waals surface area contributed by atoms with Crippen LogP contribution in [0.4, 0.5) is 9.18 Å². The molecule has 0 radical (unpaired) electrons. The summed E-state index contributed by atoms with van der Waals surface area (Å²) in [5.74, 6) is -0.653. The van der Waals surface area contributed by atoms with Gasteiger partial charge in [0.15, 0.2) is 0 Å². The van der Waals surface area contributed by atoms with Gasteiger partial charge in [0, 0.05) is 0 Å². The summed E-state index contributed by atoms with van der Waals surface area (Å²) >= 11 is 5.46. The van der Waals surface area contributed by atoms with E-state index in [1.165, 1.54) is 12.1 Å². The predicted octanol–water partition coefficient (Wildman–Crippen LogP) is 1.78. The molecule has 0 aliphatic heterocycles. The maximum atomic E-state index is 13.0. The average molecular weight is 234 g/mol. The van der Waals surface area contributed by atoms with Crippen LogP contribution in [0.15, 0.2) is 18.2 Å². The molecule has 0 saturated carbocycles. The summed E-state index contributed by atoms with van der Waals surface area (Å²) in [5.41, 5.74) is 0.321. The summed E-state index contributed by atoms with van der Waals surface area (Å²) in [6.07, 6.45) is -1.29. The van der Waals surface area contributed by atoms with Crippen molar-refractivity contribution in [1.82, 2.24) is 5.32 Å². The van der Waals surface area contributed by atoms with Gasteiger partial charge in [-0.3, -0.25) is 0 Å². The highest BCUT2D eigenvalue weighted by atomic mass is 35.5. The summed E-state index contributed by atoms with van der Waals surface area (Å²) in [6.45, 7) is -0.451. The lowest BCUT2D eigenvalue weighted by Gasteiger charge is -2.14. The molecule has 82 valence electrons. The van der Waals surface area contributed by atoms with Crippen LogP contribution in [0.3, 0.4) is 0 Å². The number of carbonyl (C=O) groups is 1. The molecule has 0 aromatic heterocycles. The van der Waals surface area contributed by atoms with E-state index >= 15 is 0 Å². The van der Waals surface area contributed by atoms with Gasteiger partial charge in [0.2, 0.25) is 0 Å². The van der Waals surface area contributed by atoms with E-state index in [1.807, 2.05) is 5.32 Å². The molecule has 1 amide bonds. The van der Waals surface area contributed by atoms with E-state index in [9.17, 15) is 9.18 Å². The van der Waals surface area contributed by atoms with Crippen molar-refractivity contribution < 1.29 is 19.4 Å². The van der Waals surface area contributed by atoms with Gasteiger partial charge in [0.1, 0.15) is 5.82 Å². The second kappa shape index (κ2) is 4.95. The van der Waals surface area contributed by atoms with E-state index in [4.69, 9.17) is 21.8 Å². The van der Waals surface area contributed by atoms with E-state index in [0.29, 0.717) is 5.56 Å². The van der Waals surface area contributed by atoms with Gasteiger partial charge in [0.25, 0.3) is 0 Å². The Morgan fingerprint density at radius 2 is 2.27 bits per heavy atom. The number of nitrogens with one attached hydrogen (secondary N) is 1. The van der Waals surface area contributed by atoms with E-state index in [0.717, 1.165) is 6.07 Å². The van der Waals surface area contributed by atoms with Crippen molar-refractivity contribution in [3.8, 4) is 0 Å². The molecule has 0 heterocycles. The highest BCUT2D eigenvalue weighted by Gasteiger charge is 2.14. The number of aliphatic hydroxyl groups excluding tert-OH is 1. The Morgan fingerprint density at radius 1 is 1.60 bits per heavy atom. The van der Waals surface area contributed by atoms with Crippen LogP contribution in [0.2, 0.25) is 5.02 Å². The first-order chi connectivity index (χ1) is 7.04. The van der Waals surface area contributed by atoms with Gasteiger partial charge in [-0.25, -0.2) is 9.18 Å². The van der Waals surface area contributed by atoms with Crippen LogP contribution in [-0.4, -0.2) is 22.9 Å². The molecule has 1 aromatic rings. The van der Waals surface area contributed by atoms with Crippen molar-refractivity contribution >= 4 is 17.7 Å². The lowest BCUT2D eigenvalue weighted by atomic mass is 10.1. The number of benzene rings is 1. The van der Waals surface area contributed by atoms with Gasteiger partial charge < -0.3 is 15.5 Å². The third-order valence-corrected chi connectivity index (χ3v) is 2.13. The molecular formula is C9H9ClFNO3. The smallest absolute Gasteiger partial charge is 0.405 e. The first kappa shape index (κ1) is 11.7. The fourth-order valence-corrected chi connectivity index (χ4v) is 1.23. The second-order valence-electron chi connectivity index (χ2n) is 2.86. The molecule has 0 saturated heterocycles. The highest BCUT2D eigenvalue weighted by molar-refractivity contribution is 6.30. The van der Waals surface area contributed by atoms with E-state index in [1.54, 1.807) is 0 Å². The number of halogens is 2. The van der Waals surface area contributed by atoms with Crippen molar-refractivity contribution in [1.29, 1.82) is 0 Å². The fourth-order valence-electron chi connectivity index (χ4n) is 1.11. The number of hydrogen-bond donors (Lipinski definition) is 3. The monoisotopic (exact) mass is 233 g/mol. The minimum Gasteiger partial charge on any atom is -0.465 e. The number of rotatable bonds is 3. The van der Waals surface area contributed by atoms with Crippen molar-refractivity contribution in [3.05, 3.63) is 34.6 Å². The first-order valence-electron chi connectivity index (χ1n) is 4.10. The third kappa shape index (κ3) is 3.07. The van der Waals surface area contributed by atoms with Gasteiger partial charge in [0.05, 0.1) is 17.7 Å². The molecule has 1 atom stereocenters. The van der Waals surface area contributed by atoms with Crippen molar-refractivity contribution in [2.75, 3.05) is 6.61 Å². The van der Waals surface area contributed by atoms with Crippen LogP contribution in [0.25, 0.3) is 0 Å². The topological polar surface area (TPSA) is 69.6 Å². The zero-order valence-electron chi connectivity index (χ0n) is 7.58. The largest absolute Gasteiger partial charge is 0.465 e. The van der Waals surface area contributed by atoms with Gasteiger partial charge >= 0.3 is 6.09 Å². The summed E-state index contributed by atoms with van der Waals surface area (Å²) in [4.78, 5) is 10.4. The lowest BCUT2D eigenvalue weighted by Crippen LogP contribution is -2.29. The Bertz CT molecular complexity index is 372. The lowest BCUT2D eigenvalue weighted by molar-refractivity contribution is 0.177. The highest BCUT2D eigenvalue weighted by Crippen LogP contribution is 2.20. The van der Waals surface area contributed by atoms with E-state index in [2.05, 4.69) is 0 Å². The second-order valence-corrected chi connectivity index (χ2v) is 3.27. The van der Waals surface area contributed by atoms with Crippen LogP contribution in [0, 0.1) is 5.82 Å². The summed E-state index contributed by atoms with van der Waals surface area (Å²) in [7, 11) is 0. The molecule has 3 N–H and O–H groups in total. The Labute approximate surface area is 90.3 Å². The van der Waals surface area contributed by atoms with Crippen LogP contribution < -0.4 is 5.32 Å². The van der Waals surface area contributed by atoms with Gasteiger partial charge in [-0.15, -0.1) is 0 Å². The zero-order chi connectivity index (χ0) is 11.4. The molecule has 0 aliphatic carbocycles. The molecule has 1 unspecified atom stereocenters. The Kier molecular flexibility index (Phi) is 3.88. The molecular weight excluding hydrogens is 225 g/mol. The minimum atomic E-state index is -1.29. The number of aliphatic hydroxyl groups is 1. The molecule has 0 fully saturated rings. The maximum absolute atomic E-state index is 13.0. The minimum absolute atomic E-state index is 0.0502. The van der Waals surface area contributed by atoms with E-state index in [-0.39, 0.29) is 5.02 Å². The quantitative estimate of drug-likeness (QED) is 0.745. The Morgan fingerprint density at radius 3 is 2.73 bits per heavy atom. The van der Waals surface area contributed by atoms with Gasteiger partial charge in [-0.2, -0.15) is 0 Å². The van der Waals surface area contributed by atoms with Crippen LogP contribution >= 0.6 is 11.6 Å². The van der Waals surface area contributed by atoms with Crippen LogP contribution in [-0.2, 0) is 0 Å². The number of carboxylic acid groups (broad SMARTS) is 1. The van der Waals surface area contributed by atoms with E-state index < -0.39 is 24.6 Å². The molecule has 6 heteroatoms. The molecule has 1 rings (SSSR count). The fraction of sp³-hybridized carbons (Fsp3) is 0.222. The summed E-state index contributed by atoms with van der Waals surface area (Å²) in [5, 5.41) is 19.4. The van der Waals surface area contributed by atoms with Crippen LogP contribution in [0.1, 0.15) is 11.6 Å². The first-order valence-corrected chi connectivity index (χ1v) is 4.47. The maximum Gasteiger partial charge on any atom is 0.405 e. The average Bonchev–Trinajstić information content (AvgIpc) is 2.18. The SMILES string of the molecule is O=C(O)NC(CO)c1ccc(Cl)c(F)c1. The van der Waals surface area contributed by atoms with Gasteiger partial charge in [-0.05, 0) is 17.7 Å². The molecule has 0 aliphatic rings. The molecule has 15 heavy (non-hydrogen) atoms. The van der Waals surface area contributed by atoms with Gasteiger partial charge in [-0.1, -0.05) is 17.7 Å². The zero-order valence-corrected chi connectivity index (χ0v) is 8.33. The Hall–Kier alpha value is -1.33. The third-order valence-electron chi connectivity index (χ3n) is 1.83. The standard InChI is InChI=1S/C9H9ClFNO3/c10-6-2-1-5(3-7(6)11)8(4-13)12-9(14)15/h1-3,8,12-13H,4H2,(H,14,15). The molecule has 4 nitrogen and oxygen atoms in total.